The Labute approximate surface area is 248 Å². The van der Waals surface area contributed by atoms with Gasteiger partial charge < -0.3 is 25.0 Å². The lowest BCUT2D eigenvalue weighted by Gasteiger charge is -2.44. The van der Waals surface area contributed by atoms with Crippen LogP contribution in [0, 0.1) is 11.7 Å². The van der Waals surface area contributed by atoms with Crippen molar-refractivity contribution >= 4 is 22.9 Å². The third-order valence-corrected chi connectivity index (χ3v) is 7.99. The van der Waals surface area contributed by atoms with Crippen LogP contribution < -0.4 is 15.8 Å². The number of rotatable bonds is 8. The Hall–Kier alpha value is -3.26. The molecule has 1 aromatic heterocycles. The molecule has 3 heterocycles. The van der Waals surface area contributed by atoms with E-state index in [1.165, 1.54) is 12.1 Å². The molecule has 2 unspecified atom stereocenters. The number of nitrogens with one attached hydrogen (secondary N) is 2. The van der Waals surface area contributed by atoms with Gasteiger partial charge in [-0.3, -0.25) is 19.4 Å². The molecule has 1 amide bonds. The van der Waals surface area contributed by atoms with Crippen LogP contribution >= 0.6 is 0 Å². The van der Waals surface area contributed by atoms with Crippen LogP contribution in [0.4, 0.5) is 28.9 Å². The number of amides is 1. The maximum absolute atomic E-state index is 15.8. The summed E-state index contributed by atoms with van der Waals surface area (Å²) in [7, 11) is 1.98. The van der Waals surface area contributed by atoms with Gasteiger partial charge in [-0.05, 0) is 50.9 Å². The van der Waals surface area contributed by atoms with Crippen molar-refractivity contribution in [3.8, 4) is 0 Å². The fourth-order valence-corrected chi connectivity index (χ4v) is 5.37. The molecule has 13 heteroatoms. The number of aliphatic hydroxyl groups is 1. The number of alkyl halides is 3. The van der Waals surface area contributed by atoms with Gasteiger partial charge in [0.15, 0.2) is 0 Å². The maximum atomic E-state index is 15.8. The summed E-state index contributed by atoms with van der Waals surface area (Å²) in [5.41, 5.74) is -1.80. The minimum Gasteiger partial charge on any atom is -0.367 e. The normalized spacial score (nSPS) is 21.2. The Bertz CT molecular complexity index is 1400. The monoisotopic (exact) mass is 609 g/mol. The molecular weight excluding hydrogens is 570 g/mol. The molecule has 1 fully saturated rings. The Balaban J connectivity index is 1.70. The predicted molar refractivity (Wildman–Crippen MR) is 156 cm³/mol. The molecular formula is C30H39F4N5O4. The molecule has 0 saturated carbocycles. The SMILES string of the molecule is CC(C)COC(O)N1CC=C(c2cc(NC(=O)c3c[nH]c(=O)cc3C(F)(F)F)c(N3CC(C)N(C)[C@H](C)C3)cc2F)CC1. The number of nitrogens with zero attached hydrogens (tertiary/aromatic N) is 3. The zero-order valence-corrected chi connectivity index (χ0v) is 25.0. The highest BCUT2D eigenvalue weighted by atomic mass is 19.4. The largest absolute Gasteiger partial charge is 0.417 e. The van der Waals surface area contributed by atoms with Gasteiger partial charge in [0.2, 0.25) is 12.0 Å². The summed E-state index contributed by atoms with van der Waals surface area (Å²) in [6.45, 7) is 10.0. The first-order chi connectivity index (χ1) is 20.1. The maximum Gasteiger partial charge on any atom is 0.417 e. The van der Waals surface area contributed by atoms with Crippen LogP contribution in [0.1, 0.15) is 55.6 Å². The number of H-pyrrole nitrogens is 1. The molecule has 43 heavy (non-hydrogen) atoms. The Morgan fingerprint density at radius 1 is 1.19 bits per heavy atom. The number of hydrogen-bond acceptors (Lipinski definition) is 7. The highest BCUT2D eigenvalue weighted by Crippen LogP contribution is 2.37. The number of ether oxygens (including phenoxy) is 1. The molecule has 2 aliphatic heterocycles. The molecule has 0 bridgehead atoms. The minimum absolute atomic E-state index is 0.0856. The van der Waals surface area contributed by atoms with Gasteiger partial charge >= 0.3 is 6.18 Å². The molecule has 3 N–H and O–H groups in total. The molecule has 0 radical (unpaired) electrons. The van der Waals surface area contributed by atoms with Gasteiger partial charge in [-0.1, -0.05) is 19.9 Å². The van der Waals surface area contributed by atoms with Crippen LogP contribution in [0.25, 0.3) is 5.57 Å². The van der Waals surface area contributed by atoms with E-state index in [-0.39, 0.29) is 35.8 Å². The van der Waals surface area contributed by atoms with Crippen LogP contribution in [0.15, 0.2) is 35.3 Å². The molecule has 2 aromatic rings. The minimum atomic E-state index is -4.94. The lowest BCUT2D eigenvalue weighted by atomic mass is 9.97. The lowest BCUT2D eigenvalue weighted by Crippen LogP contribution is -2.55. The number of pyridine rings is 1. The van der Waals surface area contributed by atoms with Crippen molar-refractivity contribution in [2.75, 3.05) is 50.1 Å². The summed E-state index contributed by atoms with van der Waals surface area (Å²) < 4.78 is 62.4. The van der Waals surface area contributed by atoms with Crippen LogP contribution in [-0.2, 0) is 10.9 Å². The number of aromatic amines is 1. The van der Waals surface area contributed by atoms with Gasteiger partial charge in [0.25, 0.3) is 5.91 Å². The molecule has 1 saturated heterocycles. The number of benzene rings is 1. The van der Waals surface area contributed by atoms with Crippen molar-refractivity contribution in [1.29, 1.82) is 0 Å². The number of aromatic nitrogens is 1. The standard InChI is InChI=1S/C30H39F4N5O4/c1-17(2)16-43-29(42)38-8-6-20(7-9-38)21-10-25(26(12-24(21)31)39-14-18(3)37(5)19(4)15-39)36-28(41)22-13-35-27(40)11-23(22)30(32,33)34/h6,10-13,17-19,29,42H,7-9,14-16H2,1-5H3,(H,35,40)(H,36,41)/t18-,19?,29?/m1/s1. The first kappa shape index (κ1) is 32.6. The second-order valence-electron chi connectivity index (χ2n) is 11.7. The number of aliphatic hydroxyl groups excluding tert-OH is 1. The van der Waals surface area contributed by atoms with Crippen molar-refractivity contribution in [1.82, 2.24) is 14.8 Å². The molecule has 4 rings (SSSR count). The topological polar surface area (TPSA) is 101 Å². The van der Waals surface area contributed by atoms with Crippen molar-refractivity contribution in [2.45, 2.75) is 58.8 Å². The number of carbonyl (C=O) groups is 1. The second kappa shape index (κ2) is 13.2. The fourth-order valence-electron chi connectivity index (χ4n) is 5.37. The first-order valence-electron chi connectivity index (χ1n) is 14.3. The number of hydrogen-bond donors (Lipinski definition) is 3. The zero-order valence-electron chi connectivity index (χ0n) is 25.0. The molecule has 2 aliphatic rings. The summed E-state index contributed by atoms with van der Waals surface area (Å²) >= 11 is 0. The van der Waals surface area contributed by atoms with Crippen LogP contribution in [-0.4, -0.2) is 84.1 Å². The summed E-state index contributed by atoms with van der Waals surface area (Å²) in [5, 5.41) is 12.9. The van der Waals surface area contributed by atoms with E-state index >= 15 is 4.39 Å². The van der Waals surface area contributed by atoms with E-state index in [0.29, 0.717) is 50.0 Å². The Kier molecular flexibility index (Phi) is 10.00. The number of anilines is 2. The second-order valence-corrected chi connectivity index (χ2v) is 11.7. The van der Waals surface area contributed by atoms with Gasteiger partial charge in [0.05, 0.1) is 29.1 Å². The third-order valence-electron chi connectivity index (χ3n) is 7.99. The van der Waals surface area contributed by atoms with Crippen molar-refractivity contribution in [3.05, 3.63) is 63.3 Å². The Morgan fingerprint density at radius 2 is 1.86 bits per heavy atom. The van der Waals surface area contributed by atoms with Gasteiger partial charge in [0, 0.05) is 56.1 Å². The van der Waals surface area contributed by atoms with Gasteiger partial charge in [0.1, 0.15) is 5.82 Å². The summed E-state index contributed by atoms with van der Waals surface area (Å²) in [5.74, 6) is -1.39. The summed E-state index contributed by atoms with van der Waals surface area (Å²) in [6, 6.07) is 3.27. The number of carbonyl (C=O) groups excluding carboxylic acids is 1. The van der Waals surface area contributed by atoms with E-state index < -0.39 is 41.0 Å². The van der Waals surface area contributed by atoms with Crippen LogP contribution in [0.5, 0.6) is 0 Å². The van der Waals surface area contributed by atoms with E-state index in [2.05, 4.69) is 15.2 Å². The van der Waals surface area contributed by atoms with E-state index in [1.54, 1.807) is 11.0 Å². The molecule has 236 valence electrons. The smallest absolute Gasteiger partial charge is 0.367 e. The van der Waals surface area contributed by atoms with E-state index in [9.17, 15) is 27.9 Å². The third kappa shape index (κ3) is 7.64. The predicted octanol–water partition coefficient (Wildman–Crippen LogP) is 4.35. The number of likely N-dealkylation sites (N-methyl/N-ethyl adjacent to an activating group) is 1. The average molecular weight is 610 g/mol. The van der Waals surface area contributed by atoms with Gasteiger partial charge in [-0.2, -0.15) is 13.2 Å². The molecule has 0 aliphatic carbocycles. The number of halogens is 4. The summed E-state index contributed by atoms with van der Waals surface area (Å²) in [6.07, 6.45) is -3.19. The molecule has 9 nitrogen and oxygen atoms in total. The van der Waals surface area contributed by atoms with Crippen molar-refractivity contribution < 1.29 is 32.2 Å². The van der Waals surface area contributed by atoms with Crippen LogP contribution in [0.3, 0.4) is 0 Å². The van der Waals surface area contributed by atoms with E-state index in [1.807, 2.05) is 39.6 Å². The van der Waals surface area contributed by atoms with E-state index in [0.717, 1.165) is 6.20 Å². The summed E-state index contributed by atoms with van der Waals surface area (Å²) in [4.78, 5) is 32.8. The van der Waals surface area contributed by atoms with Crippen LogP contribution in [0.2, 0.25) is 0 Å². The van der Waals surface area contributed by atoms with Gasteiger partial charge in [-0.15, -0.1) is 0 Å². The van der Waals surface area contributed by atoms with Crippen molar-refractivity contribution in [3.63, 3.8) is 0 Å². The van der Waals surface area contributed by atoms with Gasteiger partial charge in [-0.25, -0.2) is 4.39 Å². The molecule has 1 aromatic carbocycles. The quantitative estimate of drug-likeness (QED) is 0.302. The number of piperazine rings is 1. The molecule has 3 atom stereocenters. The van der Waals surface area contributed by atoms with Crippen molar-refractivity contribution in [2.24, 2.45) is 5.92 Å². The highest BCUT2D eigenvalue weighted by Gasteiger charge is 2.36. The van der Waals surface area contributed by atoms with E-state index in [4.69, 9.17) is 4.74 Å². The fraction of sp³-hybridized carbons (Fsp3) is 0.533. The first-order valence-corrected chi connectivity index (χ1v) is 14.3. The average Bonchev–Trinajstić information content (AvgIpc) is 2.94. The Morgan fingerprint density at radius 3 is 2.44 bits per heavy atom. The highest BCUT2D eigenvalue weighted by molar-refractivity contribution is 6.07. The molecule has 0 spiro atoms. The zero-order chi connectivity index (χ0) is 31.6. The lowest BCUT2D eigenvalue weighted by molar-refractivity contribution is -0.195.